The number of hydrogen-bond donors (Lipinski definition) is 1. The zero-order valence-electron chi connectivity index (χ0n) is 15.9. The molecule has 1 N–H and O–H groups in total. The summed E-state index contributed by atoms with van der Waals surface area (Å²) in [5, 5.41) is 3.19. The first-order valence-corrected chi connectivity index (χ1v) is 11.0. The lowest BCUT2D eigenvalue weighted by Crippen LogP contribution is -2.40. The maximum Gasteiger partial charge on any atom is 0.253 e. The molecule has 3 rings (SSSR count). The predicted molar refractivity (Wildman–Crippen MR) is 109 cm³/mol. The molecule has 0 atom stereocenters. The SMILES string of the molecule is CNCC1CCN(C(=O)c2cccc(S(=O)(=O)N3CCCCC3)c2)CC1.Cl. The van der Waals surface area contributed by atoms with Crippen molar-refractivity contribution in [2.75, 3.05) is 39.8 Å². The van der Waals surface area contributed by atoms with E-state index in [2.05, 4.69) is 5.32 Å². The van der Waals surface area contributed by atoms with Crippen LogP contribution < -0.4 is 5.32 Å². The maximum absolute atomic E-state index is 12.8. The van der Waals surface area contributed by atoms with Gasteiger partial charge in [0.1, 0.15) is 0 Å². The van der Waals surface area contributed by atoms with Crippen LogP contribution in [0.5, 0.6) is 0 Å². The molecule has 2 heterocycles. The summed E-state index contributed by atoms with van der Waals surface area (Å²) in [6, 6.07) is 6.54. The van der Waals surface area contributed by atoms with Crippen molar-refractivity contribution < 1.29 is 13.2 Å². The van der Waals surface area contributed by atoms with Crippen molar-refractivity contribution in [2.45, 2.75) is 37.0 Å². The number of hydrogen-bond acceptors (Lipinski definition) is 4. The fourth-order valence-electron chi connectivity index (χ4n) is 3.86. The molecule has 0 aromatic heterocycles. The second-order valence-corrected chi connectivity index (χ2v) is 9.22. The van der Waals surface area contributed by atoms with Crippen LogP contribution in [0.4, 0.5) is 0 Å². The molecule has 2 saturated heterocycles. The van der Waals surface area contributed by atoms with Gasteiger partial charge >= 0.3 is 0 Å². The van der Waals surface area contributed by atoms with E-state index in [-0.39, 0.29) is 23.2 Å². The Morgan fingerprint density at radius 2 is 1.78 bits per heavy atom. The molecule has 2 aliphatic rings. The van der Waals surface area contributed by atoms with Gasteiger partial charge < -0.3 is 10.2 Å². The smallest absolute Gasteiger partial charge is 0.253 e. The van der Waals surface area contributed by atoms with E-state index >= 15 is 0 Å². The molecule has 1 aromatic rings. The molecule has 0 spiro atoms. The minimum absolute atomic E-state index is 0. The van der Waals surface area contributed by atoms with Crippen molar-refractivity contribution in [2.24, 2.45) is 5.92 Å². The van der Waals surface area contributed by atoms with Gasteiger partial charge in [0.25, 0.3) is 5.91 Å². The average Bonchev–Trinajstić information content (AvgIpc) is 2.69. The lowest BCUT2D eigenvalue weighted by atomic mass is 9.96. The highest BCUT2D eigenvalue weighted by Gasteiger charge is 2.28. The van der Waals surface area contributed by atoms with Crippen molar-refractivity contribution in [3.8, 4) is 0 Å². The normalized spacial score (nSPS) is 19.5. The van der Waals surface area contributed by atoms with E-state index in [0.29, 0.717) is 24.6 Å². The van der Waals surface area contributed by atoms with E-state index in [0.717, 1.165) is 51.7 Å². The quantitative estimate of drug-likeness (QED) is 0.801. The molecule has 2 aliphatic heterocycles. The molecule has 27 heavy (non-hydrogen) atoms. The van der Waals surface area contributed by atoms with E-state index in [1.165, 1.54) is 0 Å². The van der Waals surface area contributed by atoms with Crippen LogP contribution in [-0.4, -0.2) is 63.3 Å². The molecule has 8 heteroatoms. The van der Waals surface area contributed by atoms with Crippen LogP contribution in [0.25, 0.3) is 0 Å². The summed E-state index contributed by atoms with van der Waals surface area (Å²) in [6.07, 6.45) is 4.85. The summed E-state index contributed by atoms with van der Waals surface area (Å²) in [5.74, 6) is 0.540. The summed E-state index contributed by atoms with van der Waals surface area (Å²) in [5.41, 5.74) is 0.468. The number of piperidine rings is 2. The molecule has 0 bridgehead atoms. The Morgan fingerprint density at radius 3 is 2.41 bits per heavy atom. The first-order valence-electron chi connectivity index (χ1n) is 9.56. The van der Waals surface area contributed by atoms with E-state index in [4.69, 9.17) is 0 Å². The van der Waals surface area contributed by atoms with Crippen LogP contribution in [-0.2, 0) is 10.0 Å². The Kier molecular flexibility index (Phi) is 8.09. The van der Waals surface area contributed by atoms with Crippen LogP contribution in [0.1, 0.15) is 42.5 Å². The highest BCUT2D eigenvalue weighted by Crippen LogP contribution is 2.23. The maximum atomic E-state index is 12.8. The van der Waals surface area contributed by atoms with Gasteiger partial charge in [-0.25, -0.2) is 8.42 Å². The average molecular weight is 416 g/mol. The van der Waals surface area contributed by atoms with E-state index in [1.54, 1.807) is 28.6 Å². The number of halogens is 1. The number of carbonyl (C=O) groups excluding carboxylic acids is 1. The zero-order valence-corrected chi connectivity index (χ0v) is 17.5. The third-order valence-corrected chi connectivity index (χ3v) is 7.32. The van der Waals surface area contributed by atoms with Crippen LogP contribution >= 0.6 is 12.4 Å². The first-order chi connectivity index (χ1) is 12.5. The van der Waals surface area contributed by atoms with E-state index in [9.17, 15) is 13.2 Å². The second kappa shape index (κ2) is 9.87. The highest BCUT2D eigenvalue weighted by atomic mass is 35.5. The van der Waals surface area contributed by atoms with Crippen molar-refractivity contribution in [1.82, 2.24) is 14.5 Å². The summed E-state index contributed by atoms with van der Waals surface area (Å²) in [6.45, 7) is 3.58. The predicted octanol–water partition coefficient (Wildman–Crippen LogP) is 2.35. The molecule has 2 fully saturated rings. The Bertz CT molecular complexity index is 727. The van der Waals surface area contributed by atoms with Crippen molar-refractivity contribution >= 4 is 28.3 Å². The number of carbonyl (C=O) groups is 1. The zero-order chi connectivity index (χ0) is 18.6. The number of likely N-dealkylation sites (tertiary alicyclic amines) is 1. The van der Waals surface area contributed by atoms with Crippen LogP contribution in [0.2, 0.25) is 0 Å². The molecule has 0 unspecified atom stereocenters. The van der Waals surface area contributed by atoms with Crippen molar-refractivity contribution in [3.05, 3.63) is 29.8 Å². The molecular weight excluding hydrogens is 386 g/mol. The number of benzene rings is 1. The molecule has 0 saturated carbocycles. The first kappa shape index (κ1) is 22.1. The molecule has 6 nitrogen and oxygen atoms in total. The van der Waals surface area contributed by atoms with Gasteiger partial charge in [0.2, 0.25) is 10.0 Å². The standard InChI is InChI=1S/C19H29N3O3S.ClH/c1-20-15-16-8-12-21(13-9-16)19(23)17-6-5-7-18(14-17)26(24,25)22-10-3-2-4-11-22;/h5-7,14,16,20H,2-4,8-13,15H2,1H3;1H. The molecule has 152 valence electrons. The molecule has 1 amide bonds. The molecule has 0 aliphatic carbocycles. The topological polar surface area (TPSA) is 69.7 Å². The van der Waals surface area contributed by atoms with Gasteiger partial charge in [-0.3, -0.25) is 4.79 Å². The minimum Gasteiger partial charge on any atom is -0.339 e. The Morgan fingerprint density at radius 1 is 1.11 bits per heavy atom. The summed E-state index contributed by atoms with van der Waals surface area (Å²) < 4.78 is 27.2. The second-order valence-electron chi connectivity index (χ2n) is 7.29. The third-order valence-electron chi connectivity index (χ3n) is 5.43. The largest absolute Gasteiger partial charge is 0.339 e. The number of nitrogens with zero attached hydrogens (tertiary/aromatic N) is 2. The van der Waals surface area contributed by atoms with Crippen molar-refractivity contribution in [3.63, 3.8) is 0 Å². The summed E-state index contributed by atoms with van der Waals surface area (Å²) >= 11 is 0. The van der Waals surface area contributed by atoms with E-state index in [1.807, 2.05) is 11.9 Å². The minimum atomic E-state index is -3.51. The Balaban J connectivity index is 0.00000261. The van der Waals surface area contributed by atoms with Gasteiger partial charge in [-0.15, -0.1) is 12.4 Å². The van der Waals surface area contributed by atoms with Gasteiger partial charge in [0.05, 0.1) is 4.90 Å². The lowest BCUT2D eigenvalue weighted by molar-refractivity contribution is 0.0690. The molecular formula is C19H30ClN3O3S. The van der Waals surface area contributed by atoms with Crippen molar-refractivity contribution in [1.29, 1.82) is 0 Å². The monoisotopic (exact) mass is 415 g/mol. The number of nitrogens with one attached hydrogen (secondary N) is 1. The van der Waals surface area contributed by atoms with Gasteiger partial charge in [0.15, 0.2) is 0 Å². The van der Waals surface area contributed by atoms with Gasteiger partial charge in [-0.05, 0) is 63.4 Å². The van der Waals surface area contributed by atoms with Gasteiger partial charge in [-0.1, -0.05) is 12.5 Å². The number of sulfonamides is 1. The number of rotatable bonds is 5. The Hall–Kier alpha value is -1.15. The molecule has 1 aromatic carbocycles. The van der Waals surface area contributed by atoms with Crippen LogP contribution in [0.15, 0.2) is 29.2 Å². The van der Waals surface area contributed by atoms with Gasteiger partial charge in [-0.2, -0.15) is 4.31 Å². The van der Waals surface area contributed by atoms with E-state index < -0.39 is 10.0 Å². The summed E-state index contributed by atoms with van der Waals surface area (Å²) in [4.78, 5) is 14.9. The number of amides is 1. The Labute approximate surface area is 168 Å². The fraction of sp³-hybridized carbons (Fsp3) is 0.632. The van der Waals surface area contributed by atoms with Crippen LogP contribution in [0.3, 0.4) is 0 Å². The third kappa shape index (κ3) is 5.22. The van der Waals surface area contributed by atoms with Gasteiger partial charge in [0, 0.05) is 31.7 Å². The fourth-order valence-corrected chi connectivity index (χ4v) is 5.42. The van der Waals surface area contributed by atoms with Crippen LogP contribution in [0, 0.1) is 5.92 Å². The summed E-state index contributed by atoms with van der Waals surface area (Å²) in [7, 11) is -1.56. The lowest BCUT2D eigenvalue weighted by Gasteiger charge is -2.32. The molecule has 0 radical (unpaired) electrons. The highest BCUT2D eigenvalue weighted by molar-refractivity contribution is 7.89.